The van der Waals surface area contributed by atoms with E-state index < -0.39 is 0 Å². The highest BCUT2D eigenvalue weighted by molar-refractivity contribution is 6.38. The third-order valence-corrected chi connectivity index (χ3v) is 5.93. The van der Waals surface area contributed by atoms with Gasteiger partial charge in [-0.25, -0.2) is 20.0 Å². The molecular weight excluding hydrogens is 486 g/mol. The van der Waals surface area contributed by atoms with Crippen molar-refractivity contribution in [2.24, 2.45) is 9.98 Å². The van der Waals surface area contributed by atoms with Crippen molar-refractivity contribution in [1.82, 2.24) is 9.97 Å². The molecule has 8 heteroatoms. The summed E-state index contributed by atoms with van der Waals surface area (Å²) in [7, 11) is 0. The smallest absolute Gasteiger partial charge is 0.130 e. The molecule has 0 saturated heterocycles. The Morgan fingerprint density at radius 3 is 1.28 bits per heavy atom. The zero-order valence-corrected chi connectivity index (χ0v) is 19.3. The lowest BCUT2D eigenvalue weighted by Crippen LogP contribution is -2.13. The van der Waals surface area contributed by atoms with Crippen molar-refractivity contribution in [1.29, 1.82) is 0 Å². The standard InChI is InChI=1S/C24H12Cl4N4/c25-15-7-3-1-5-13(15)21-23-17(9-11-19(27)31-23)30-22(14-6-2-4-8-16(14)26)24-18(29-21)10-12-20(28)32-24/h1-12H. The van der Waals surface area contributed by atoms with Crippen LogP contribution >= 0.6 is 46.4 Å². The second-order valence-corrected chi connectivity index (χ2v) is 8.47. The third kappa shape index (κ3) is 3.91. The number of aliphatic imine (C=N–C) groups is 2. The second-order valence-electron chi connectivity index (χ2n) is 6.88. The summed E-state index contributed by atoms with van der Waals surface area (Å²) in [6, 6.07) is 21.7. The predicted octanol–water partition coefficient (Wildman–Crippen LogP) is 7.74. The number of halogens is 4. The van der Waals surface area contributed by atoms with E-state index in [-0.39, 0.29) is 0 Å². The monoisotopic (exact) mass is 496 g/mol. The van der Waals surface area contributed by atoms with Gasteiger partial charge in [0.2, 0.25) is 0 Å². The fourth-order valence-corrected chi connectivity index (χ4v) is 4.16. The first-order valence-corrected chi connectivity index (χ1v) is 11.0. The molecule has 0 saturated carbocycles. The van der Waals surface area contributed by atoms with Gasteiger partial charge >= 0.3 is 0 Å². The summed E-state index contributed by atoms with van der Waals surface area (Å²) in [4.78, 5) is 18.9. The molecular formula is C24H12Cl4N4. The zero-order valence-electron chi connectivity index (χ0n) is 16.2. The van der Waals surface area contributed by atoms with E-state index in [0.29, 0.717) is 65.7 Å². The molecule has 0 bridgehead atoms. The van der Waals surface area contributed by atoms with Gasteiger partial charge in [0.05, 0.1) is 21.4 Å². The van der Waals surface area contributed by atoms with Crippen LogP contribution in [0, 0.1) is 0 Å². The first-order chi connectivity index (χ1) is 15.5. The van der Waals surface area contributed by atoms with E-state index in [1.54, 1.807) is 36.4 Å². The Kier molecular flexibility index (Phi) is 5.70. The maximum absolute atomic E-state index is 6.52. The van der Waals surface area contributed by atoms with E-state index in [1.807, 2.05) is 36.4 Å². The summed E-state index contributed by atoms with van der Waals surface area (Å²) in [6.45, 7) is 0. The summed E-state index contributed by atoms with van der Waals surface area (Å²) in [5.74, 6) is 0. The van der Waals surface area contributed by atoms with E-state index in [2.05, 4.69) is 9.97 Å². The van der Waals surface area contributed by atoms with Crippen molar-refractivity contribution >= 4 is 69.2 Å². The number of pyridine rings is 2. The van der Waals surface area contributed by atoms with Gasteiger partial charge in [-0.3, -0.25) is 0 Å². The van der Waals surface area contributed by atoms with Crippen LogP contribution in [0.5, 0.6) is 0 Å². The quantitative estimate of drug-likeness (QED) is 0.234. The largest absolute Gasteiger partial charge is 0.244 e. The Balaban J connectivity index is 1.89. The van der Waals surface area contributed by atoms with Crippen LogP contribution in [0.15, 0.2) is 82.8 Å². The molecule has 4 nitrogen and oxygen atoms in total. The fourth-order valence-electron chi connectivity index (χ4n) is 3.41. The van der Waals surface area contributed by atoms with E-state index in [9.17, 15) is 0 Å². The maximum Gasteiger partial charge on any atom is 0.130 e. The molecule has 0 spiro atoms. The summed E-state index contributed by atoms with van der Waals surface area (Å²) in [5, 5.41) is 1.68. The molecule has 5 rings (SSSR count). The van der Waals surface area contributed by atoms with Crippen molar-refractivity contribution in [3.63, 3.8) is 0 Å². The van der Waals surface area contributed by atoms with Crippen LogP contribution in [0.25, 0.3) is 0 Å². The molecule has 3 heterocycles. The molecule has 0 N–H and O–H groups in total. The van der Waals surface area contributed by atoms with Crippen LogP contribution in [0.3, 0.4) is 0 Å². The summed E-state index contributed by atoms with van der Waals surface area (Å²) >= 11 is 25.6. The number of aromatic nitrogens is 2. The SMILES string of the molecule is Clc1ccc2c(n1)C(c1ccccc1Cl)=Nc1ccc(Cl)nc1C(c1ccccc1Cl)=N2. The normalized spacial score (nSPS) is 12.8. The van der Waals surface area contributed by atoms with Gasteiger partial charge in [-0.1, -0.05) is 82.8 Å². The van der Waals surface area contributed by atoms with Gasteiger partial charge in [-0.2, -0.15) is 0 Å². The molecule has 0 amide bonds. The number of hydrogen-bond acceptors (Lipinski definition) is 4. The van der Waals surface area contributed by atoms with Crippen LogP contribution < -0.4 is 0 Å². The lowest BCUT2D eigenvalue weighted by molar-refractivity contribution is 1.22. The molecule has 4 aromatic rings. The number of fused-ring (bicyclic) bond motifs is 2. The molecule has 32 heavy (non-hydrogen) atoms. The van der Waals surface area contributed by atoms with Gasteiger partial charge < -0.3 is 0 Å². The highest BCUT2D eigenvalue weighted by atomic mass is 35.5. The van der Waals surface area contributed by atoms with Crippen LogP contribution in [0.2, 0.25) is 20.4 Å². The van der Waals surface area contributed by atoms with Gasteiger partial charge in [0, 0.05) is 11.1 Å². The van der Waals surface area contributed by atoms with Gasteiger partial charge in [-0.05, 0) is 36.4 Å². The number of rotatable bonds is 2. The topological polar surface area (TPSA) is 50.5 Å². The zero-order chi connectivity index (χ0) is 22.2. The molecule has 0 radical (unpaired) electrons. The Morgan fingerprint density at radius 2 is 0.875 bits per heavy atom. The van der Waals surface area contributed by atoms with E-state index >= 15 is 0 Å². The van der Waals surface area contributed by atoms with Gasteiger partial charge in [0.1, 0.15) is 33.1 Å². The van der Waals surface area contributed by atoms with Crippen LogP contribution in [0.1, 0.15) is 22.5 Å². The minimum absolute atomic E-state index is 0.313. The van der Waals surface area contributed by atoms with Crippen LogP contribution in [-0.4, -0.2) is 21.4 Å². The highest BCUT2D eigenvalue weighted by Gasteiger charge is 2.24. The average molecular weight is 498 g/mol. The first-order valence-electron chi connectivity index (χ1n) is 9.52. The molecule has 0 unspecified atom stereocenters. The Morgan fingerprint density at radius 1 is 0.469 bits per heavy atom. The van der Waals surface area contributed by atoms with E-state index in [1.165, 1.54) is 0 Å². The van der Waals surface area contributed by atoms with Crippen LogP contribution in [0.4, 0.5) is 11.4 Å². The minimum Gasteiger partial charge on any atom is -0.244 e. The maximum atomic E-state index is 6.52. The minimum atomic E-state index is 0.313. The highest BCUT2D eigenvalue weighted by Crippen LogP contribution is 2.35. The van der Waals surface area contributed by atoms with Crippen molar-refractivity contribution in [3.8, 4) is 0 Å². The molecule has 2 aromatic carbocycles. The Bertz CT molecular complexity index is 1320. The number of hydrogen-bond donors (Lipinski definition) is 0. The van der Waals surface area contributed by atoms with Crippen molar-refractivity contribution in [3.05, 3.63) is 116 Å². The molecule has 2 aromatic heterocycles. The predicted molar refractivity (Wildman–Crippen MR) is 132 cm³/mol. The van der Waals surface area contributed by atoms with Crippen molar-refractivity contribution < 1.29 is 0 Å². The Hall–Kier alpha value is -2.76. The average Bonchev–Trinajstić information content (AvgIpc) is 2.78. The second kappa shape index (κ2) is 8.64. The summed E-state index contributed by atoms with van der Waals surface area (Å²) in [5.41, 5.74) is 4.54. The van der Waals surface area contributed by atoms with E-state index in [4.69, 9.17) is 56.4 Å². The van der Waals surface area contributed by atoms with Gasteiger partial charge in [0.15, 0.2) is 0 Å². The molecule has 156 valence electrons. The third-order valence-electron chi connectivity index (χ3n) is 4.85. The summed E-state index contributed by atoms with van der Waals surface area (Å²) < 4.78 is 0. The molecule has 1 aliphatic heterocycles. The van der Waals surface area contributed by atoms with Gasteiger partial charge in [-0.15, -0.1) is 0 Å². The van der Waals surface area contributed by atoms with E-state index in [0.717, 1.165) is 0 Å². The number of nitrogens with zero attached hydrogens (tertiary/aromatic N) is 4. The Labute approximate surface area is 204 Å². The fraction of sp³-hybridized carbons (Fsp3) is 0. The molecule has 1 aliphatic rings. The van der Waals surface area contributed by atoms with Crippen molar-refractivity contribution in [2.75, 3.05) is 0 Å². The van der Waals surface area contributed by atoms with Gasteiger partial charge in [0.25, 0.3) is 0 Å². The lowest BCUT2D eigenvalue weighted by atomic mass is 10.0. The van der Waals surface area contributed by atoms with Crippen LogP contribution in [-0.2, 0) is 0 Å². The lowest BCUT2D eigenvalue weighted by Gasteiger charge is -2.18. The molecule has 0 aliphatic carbocycles. The first kappa shape index (κ1) is 21.1. The molecule has 0 atom stereocenters. The molecule has 0 fully saturated rings. The number of benzene rings is 2. The summed E-state index contributed by atoms with van der Waals surface area (Å²) in [6.07, 6.45) is 0. The van der Waals surface area contributed by atoms with Crippen molar-refractivity contribution in [2.45, 2.75) is 0 Å².